The van der Waals surface area contributed by atoms with E-state index in [-0.39, 0.29) is 12.3 Å². The Hall–Kier alpha value is -2.21. The Morgan fingerprint density at radius 2 is 1.95 bits per heavy atom. The van der Waals surface area contributed by atoms with Crippen LogP contribution >= 0.6 is 11.3 Å². The normalized spacial score (nSPS) is 10.5. The van der Waals surface area contributed by atoms with Gasteiger partial charge in [0.05, 0.1) is 5.69 Å². The summed E-state index contributed by atoms with van der Waals surface area (Å²) in [5.74, 6) is -0.955. The maximum Gasteiger partial charge on any atom is 0.303 e. The summed E-state index contributed by atoms with van der Waals surface area (Å²) in [5, 5.41) is 9.46. The lowest BCUT2D eigenvalue weighted by molar-refractivity contribution is -0.137. The Labute approximate surface area is 133 Å². The zero-order valence-corrected chi connectivity index (χ0v) is 13.4. The fraction of sp³-hybridized carbons (Fsp3) is 0.312. The van der Waals surface area contributed by atoms with Gasteiger partial charge in [-0.25, -0.2) is 4.98 Å². The van der Waals surface area contributed by atoms with Gasteiger partial charge in [0.2, 0.25) is 0 Å². The second kappa shape index (κ2) is 7.17. The zero-order chi connectivity index (χ0) is 16.1. The first-order valence-electron chi connectivity index (χ1n) is 6.99. The molecule has 0 saturated carbocycles. The third-order valence-corrected chi connectivity index (χ3v) is 4.44. The Bertz CT molecular complexity index is 667. The molecular formula is C16H18N2O3S. The van der Waals surface area contributed by atoms with E-state index in [9.17, 15) is 9.59 Å². The Kier molecular flexibility index (Phi) is 5.27. The van der Waals surface area contributed by atoms with Gasteiger partial charge in [-0.2, -0.15) is 0 Å². The van der Waals surface area contributed by atoms with Crippen LogP contribution in [-0.4, -0.2) is 40.5 Å². The Balaban J connectivity index is 2.10. The van der Waals surface area contributed by atoms with E-state index in [4.69, 9.17) is 5.11 Å². The lowest BCUT2D eigenvalue weighted by Gasteiger charge is -2.15. The summed E-state index contributed by atoms with van der Waals surface area (Å²) in [5.41, 5.74) is 1.70. The van der Waals surface area contributed by atoms with E-state index < -0.39 is 5.97 Å². The van der Waals surface area contributed by atoms with Gasteiger partial charge >= 0.3 is 5.97 Å². The number of aromatic nitrogens is 1. The van der Waals surface area contributed by atoms with Crippen molar-refractivity contribution < 1.29 is 14.7 Å². The predicted octanol–water partition coefficient (Wildman–Crippen LogP) is 3.06. The molecule has 1 amide bonds. The van der Waals surface area contributed by atoms with Crippen molar-refractivity contribution >= 4 is 23.2 Å². The molecule has 6 heteroatoms. The minimum absolute atomic E-state index is 0.0640. The summed E-state index contributed by atoms with van der Waals surface area (Å²) in [6.07, 6.45) is 0.509. The SMILES string of the molecule is Cc1nc(-c2ccccc2)sc1C(=O)N(C)CCCC(=O)O. The second-order valence-electron chi connectivity index (χ2n) is 5.02. The zero-order valence-electron chi connectivity index (χ0n) is 12.6. The van der Waals surface area contributed by atoms with Gasteiger partial charge < -0.3 is 10.0 Å². The lowest BCUT2D eigenvalue weighted by atomic mass is 10.2. The van der Waals surface area contributed by atoms with Crippen LogP contribution in [0.15, 0.2) is 30.3 Å². The van der Waals surface area contributed by atoms with E-state index in [0.29, 0.717) is 23.5 Å². The first kappa shape index (κ1) is 16.2. The molecule has 0 unspecified atom stereocenters. The molecule has 1 heterocycles. The Morgan fingerprint density at radius 3 is 2.59 bits per heavy atom. The van der Waals surface area contributed by atoms with Crippen LogP contribution in [0, 0.1) is 6.92 Å². The first-order valence-corrected chi connectivity index (χ1v) is 7.81. The van der Waals surface area contributed by atoms with Crippen LogP contribution in [0.3, 0.4) is 0 Å². The van der Waals surface area contributed by atoms with E-state index in [1.807, 2.05) is 37.3 Å². The number of hydrogen-bond donors (Lipinski definition) is 1. The number of benzene rings is 1. The number of rotatable bonds is 6. The van der Waals surface area contributed by atoms with Crippen LogP contribution in [-0.2, 0) is 4.79 Å². The topological polar surface area (TPSA) is 70.5 Å². The van der Waals surface area contributed by atoms with Crippen LogP contribution in [0.5, 0.6) is 0 Å². The highest BCUT2D eigenvalue weighted by Gasteiger charge is 2.19. The summed E-state index contributed by atoms with van der Waals surface area (Å²) in [4.78, 5) is 29.6. The molecule has 0 radical (unpaired) electrons. The fourth-order valence-corrected chi connectivity index (χ4v) is 3.11. The molecular weight excluding hydrogens is 300 g/mol. The van der Waals surface area contributed by atoms with Crippen LogP contribution in [0.4, 0.5) is 0 Å². The number of amides is 1. The molecule has 0 aliphatic rings. The molecule has 5 nitrogen and oxygen atoms in total. The molecule has 0 spiro atoms. The van der Waals surface area contributed by atoms with Crippen molar-refractivity contribution in [1.82, 2.24) is 9.88 Å². The summed E-state index contributed by atoms with van der Waals surface area (Å²) < 4.78 is 0. The lowest BCUT2D eigenvalue weighted by Crippen LogP contribution is -2.27. The molecule has 116 valence electrons. The third kappa shape index (κ3) is 3.92. The van der Waals surface area contributed by atoms with Gasteiger partial charge in [0, 0.05) is 25.6 Å². The molecule has 1 N–H and O–H groups in total. The van der Waals surface area contributed by atoms with Crippen LogP contribution in [0.2, 0.25) is 0 Å². The van der Waals surface area contributed by atoms with Crippen LogP contribution in [0.1, 0.15) is 28.2 Å². The van der Waals surface area contributed by atoms with Gasteiger partial charge in [-0.15, -0.1) is 11.3 Å². The van der Waals surface area contributed by atoms with Crippen molar-refractivity contribution in [2.75, 3.05) is 13.6 Å². The quantitative estimate of drug-likeness (QED) is 0.888. The van der Waals surface area contributed by atoms with E-state index in [2.05, 4.69) is 4.98 Å². The van der Waals surface area contributed by atoms with Crippen molar-refractivity contribution in [3.63, 3.8) is 0 Å². The van der Waals surface area contributed by atoms with E-state index in [1.54, 1.807) is 11.9 Å². The van der Waals surface area contributed by atoms with Gasteiger partial charge in [-0.05, 0) is 13.3 Å². The van der Waals surface area contributed by atoms with Gasteiger partial charge in [-0.1, -0.05) is 30.3 Å². The first-order chi connectivity index (χ1) is 10.5. The predicted molar refractivity (Wildman–Crippen MR) is 86.1 cm³/mol. The van der Waals surface area contributed by atoms with Gasteiger partial charge in [-0.3, -0.25) is 9.59 Å². The summed E-state index contributed by atoms with van der Waals surface area (Å²) in [6.45, 7) is 2.24. The van der Waals surface area contributed by atoms with Crippen LogP contribution in [0.25, 0.3) is 10.6 Å². The van der Waals surface area contributed by atoms with Crippen LogP contribution < -0.4 is 0 Å². The average molecular weight is 318 g/mol. The number of aliphatic carboxylic acids is 1. The van der Waals surface area contributed by atoms with Crippen molar-refractivity contribution in [3.8, 4) is 10.6 Å². The summed E-state index contributed by atoms with van der Waals surface area (Å²) in [7, 11) is 1.69. The maximum absolute atomic E-state index is 12.4. The third-order valence-electron chi connectivity index (χ3n) is 3.24. The van der Waals surface area contributed by atoms with Crippen molar-refractivity contribution in [1.29, 1.82) is 0 Å². The Morgan fingerprint density at radius 1 is 1.27 bits per heavy atom. The largest absolute Gasteiger partial charge is 0.481 e. The van der Waals surface area contributed by atoms with E-state index in [0.717, 1.165) is 10.6 Å². The second-order valence-corrected chi connectivity index (χ2v) is 6.02. The number of carboxylic acids is 1. The smallest absolute Gasteiger partial charge is 0.303 e. The molecule has 0 aliphatic carbocycles. The molecule has 0 fully saturated rings. The number of carboxylic acid groups (broad SMARTS) is 1. The van der Waals surface area contributed by atoms with Crippen molar-refractivity contribution in [3.05, 3.63) is 40.9 Å². The highest BCUT2D eigenvalue weighted by Crippen LogP contribution is 2.28. The van der Waals surface area contributed by atoms with Crippen molar-refractivity contribution in [2.45, 2.75) is 19.8 Å². The number of aryl methyl sites for hydroxylation is 1. The molecule has 2 rings (SSSR count). The minimum atomic E-state index is -0.846. The number of carbonyl (C=O) groups is 2. The van der Waals surface area contributed by atoms with Gasteiger partial charge in [0.25, 0.3) is 5.91 Å². The van der Waals surface area contributed by atoms with E-state index >= 15 is 0 Å². The molecule has 0 bridgehead atoms. The number of thiazole rings is 1. The number of carbonyl (C=O) groups excluding carboxylic acids is 1. The molecule has 1 aromatic heterocycles. The molecule has 2 aromatic rings. The standard InChI is InChI=1S/C16H18N2O3S/c1-11-14(16(21)18(2)10-6-9-13(19)20)22-15(17-11)12-7-4-3-5-8-12/h3-5,7-8H,6,9-10H2,1-2H3,(H,19,20). The highest BCUT2D eigenvalue weighted by molar-refractivity contribution is 7.17. The minimum Gasteiger partial charge on any atom is -0.481 e. The molecule has 1 aromatic carbocycles. The number of nitrogens with zero attached hydrogens (tertiary/aromatic N) is 2. The van der Waals surface area contributed by atoms with Gasteiger partial charge in [0.1, 0.15) is 9.88 Å². The molecule has 0 atom stereocenters. The fourth-order valence-electron chi connectivity index (χ4n) is 2.04. The van der Waals surface area contributed by atoms with Crippen molar-refractivity contribution in [2.24, 2.45) is 0 Å². The monoisotopic (exact) mass is 318 g/mol. The van der Waals surface area contributed by atoms with Gasteiger partial charge in [0.15, 0.2) is 0 Å². The maximum atomic E-state index is 12.4. The molecule has 22 heavy (non-hydrogen) atoms. The van der Waals surface area contributed by atoms with E-state index in [1.165, 1.54) is 11.3 Å². The molecule has 0 saturated heterocycles. The summed E-state index contributed by atoms with van der Waals surface area (Å²) >= 11 is 1.37. The summed E-state index contributed by atoms with van der Waals surface area (Å²) in [6, 6.07) is 9.73. The highest BCUT2D eigenvalue weighted by atomic mass is 32.1. The average Bonchev–Trinajstić information content (AvgIpc) is 2.89. The number of hydrogen-bond acceptors (Lipinski definition) is 4. The molecule has 0 aliphatic heterocycles.